The van der Waals surface area contributed by atoms with Crippen LogP contribution in [0.4, 0.5) is 5.69 Å². The molecule has 0 radical (unpaired) electrons. The van der Waals surface area contributed by atoms with E-state index < -0.39 is 0 Å². The van der Waals surface area contributed by atoms with Crippen molar-refractivity contribution in [3.63, 3.8) is 0 Å². The molecular weight excluding hydrogens is 336 g/mol. The molecule has 2 rings (SSSR count). The summed E-state index contributed by atoms with van der Waals surface area (Å²) in [5, 5.41) is 4.25. The van der Waals surface area contributed by atoms with E-state index in [0.717, 1.165) is 20.7 Å². The summed E-state index contributed by atoms with van der Waals surface area (Å²) >= 11 is 9.58. The number of anilines is 1. The molecule has 3 N–H and O–H groups in total. The molecule has 106 valence electrons. The summed E-state index contributed by atoms with van der Waals surface area (Å²) in [4.78, 5) is 0. The molecule has 0 aliphatic heterocycles. The Labute approximate surface area is 133 Å². The van der Waals surface area contributed by atoms with Crippen molar-refractivity contribution in [2.75, 3.05) is 11.9 Å². The lowest BCUT2D eigenvalue weighted by Crippen LogP contribution is -2.21. The summed E-state index contributed by atoms with van der Waals surface area (Å²) in [6, 6.07) is 12.2. The molecular formula is C16H18BrClN2. The Morgan fingerprint density at radius 1 is 1.20 bits per heavy atom. The van der Waals surface area contributed by atoms with Gasteiger partial charge in [-0.3, -0.25) is 0 Å². The number of aryl methyl sites for hydroxylation is 2. The van der Waals surface area contributed by atoms with E-state index in [1.54, 1.807) is 0 Å². The minimum Gasteiger partial charge on any atom is -0.376 e. The molecule has 0 saturated carbocycles. The maximum atomic E-state index is 6.01. The van der Waals surface area contributed by atoms with E-state index in [9.17, 15) is 0 Å². The number of hydrogen-bond donors (Lipinski definition) is 2. The van der Waals surface area contributed by atoms with Gasteiger partial charge in [-0.25, -0.2) is 0 Å². The smallest absolute Gasteiger partial charge is 0.0639 e. The van der Waals surface area contributed by atoms with Gasteiger partial charge in [0, 0.05) is 21.7 Å². The first-order valence-corrected chi connectivity index (χ1v) is 7.67. The van der Waals surface area contributed by atoms with E-state index in [4.69, 9.17) is 17.3 Å². The Balaban J connectivity index is 2.31. The molecule has 0 saturated heterocycles. The zero-order valence-electron chi connectivity index (χ0n) is 11.6. The average Bonchev–Trinajstić information content (AvgIpc) is 2.40. The van der Waals surface area contributed by atoms with Crippen LogP contribution in [0.15, 0.2) is 40.9 Å². The standard InChI is InChI=1S/C16H18BrClN2/c1-10-3-6-14(17)15(7-10)20-16(9-19)13-5-4-12(18)8-11(13)2/h3-8,16,20H,9,19H2,1-2H3. The van der Waals surface area contributed by atoms with Crippen molar-refractivity contribution >= 4 is 33.2 Å². The van der Waals surface area contributed by atoms with Gasteiger partial charge < -0.3 is 11.1 Å². The zero-order valence-corrected chi connectivity index (χ0v) is 13.9. The fourth-order valence-electron chi connectivity index (χ4n) is 2.23. The Bertz CT molecular complexity index is 613. The third-order valence-corrected chi connectivity index (χ3v) is 4.22. The molecule has 4 heteroatoms. The minimum atomic E-state index is 0.0605. The van der Waals surface area contributed by atoms with Gasteiger partial charge in [-0.1, -0.05) is 23.7 Å². The summed E-state index contributed by atoms with van der Waals surface area (Å²) < 4.78 is 1.04. The SMILES string of the molecule is Cc1ccc(Br)c(NC(CN)c2ccc(Cl)cc2C)c1. The summed E-state index contributed by atoms with van der Waals surface area (Å²) in [5.74, 6) is 0. The highest BCUT2D eigenvalue weighted by molar-refractivity contribution is 9.10. The van der Waals surface area contributed by atoms with Crippen LogP contribution in [0.1, 0.15) is 22.7 Å². The number of halogens is 2. The summed E-state index contributed by atoms with van der Waals surface area (Å²) in [7, 11) is 0. The molecule has 0 heterocycles. The number of benzene rings is 2. The normalized spacial score (nSPS) is 12.2. The molecule has 2 aromatic rings. The second-order valence-corrected chi connectivity index (χ2v) is 6.21. The first-order valence-electron chi connectivity index (χ1n) is 6.50. The first kappa shape index (κ1) is 15.4. The van der Waals surface area contributed by atoms with Gasteiger partial charge in [-0.15, -0.1) is 0 Å². The van der Waals surface area contributed by atoms with E-state index in [1.165, 1.54) is 11.1 Å². The van der Waals surface area contributed by atoms with Gasteiger partial charge >= 0.3 is 0 Å². The van der Waals surface area contributed by atoms with E-state index in [0.29, 0.717) is 6.54 Å². The number of nitrogens with one attached hydrogen (secondary N) is 1. The summed E-state index contributed by atoms with van der Waals surface area (Å²) in [5.41, 5.74) is 10.5. The van der Waals surface area contributed by atoms with E-state index in [-0.39, 0.29) is 6.04 Å². The van der Waals surface area contributed by atoms with Gasteiger partial charge in [0.25, 0.3) is 0 Å². The molecule has 0 aromatic heterocycles. The van der Waals surface area contributed by atoms with Crippen molar-refractivity contribution in [3.05, 3.63) is 62.6 Å². The Hall–Kier alpha value is -1.03. The molecule has 0 aliphatic rings. The van der Waals surface area contributed by atoms with Crippen LogP contribution in [0.3, 0.4) is 0 Å². The number of rotatable bonds is 4. The second-order valence-electron chi connectivity index (χ2n) is 4.92. The van der Waals surface area contributed by atoms with Crippen LogP contribution in [-0.2, 0) is 0 Å². The Morgan fingerprint density at radius 2 is 1.95 bits per heavy atom. The Kier molecular flexibility index (Phi) is 5.08. The Morgan fingerprint density at radius 3 is 2.60 bits per heavy atom. The summed E-state index contributed by atoms with van der Waals surface area (Å²) in [6.45, 7) is 4.64. The van der Waals surface area contributed by atoms with Crippen molar-refractivity contribution in [1.29, 1.82) is 0 Å². The highest BCUT2D eigenvalue weighted by Crippen LogP contribution is 2.29. The molecule has 0 bridgehead atoms. The fraction of sp³-hybridized carbons (Fsp3) is 0.250. The van der Waals surface area contributed by atoms with Crippen molar-refractivity contribution < 1.29 is 0 Å². The molecule has 1 unspecified atom stereocenters. The van der Waals surface area contributed by atoms with Crippen molar-refractivity contribution in [2.24, 2.45) is 5.73 Å². The van der Waals surface area contributed by atoms with Crippen LogP contribution in [0.25, 0.3) is 0 Å². The van der Waals surface area contributed by atoms with Crippen LogP contribution < -0.4 is 11.1 Å². The molecule has 2 nitrogen and oxygen atoms in total. The fourth-order valence-corrected chi connectivity index (χ4v) is 2.82. The maximum absolute atomic E-state index is 6.01. The van der Waals surface area contributed by atoms with Gasteiger partial charge in [-0.05, 0) is 70.7 Å². The van der Waals surface area contributed by atoms with Crippen LogP contribution in [-0.4, -0.2) is 6.54 Å². The molecule has 1 atom stereocenters. The van der Waals surface area contributed by atoms with Crippen molar-refractivity contribution in [1.82, 2.24) is 0 Å². The van der Waals surface area contributed by atoms with Crippen LogP contribution in [0.5, 0.6) is 0 Å². The van der Waals surface area contributed by atoms with Gasteiger partial charge in [0.2, 0.25) is 0 Å². The van der Waals surface area contributed by atoms with Gasteiger partial charge in [-0.2, -0.15) is 0 Å². The first-order chi connectivity index (χ1) is 9.51. The molecule has 0 aliphatic carbocycles. The number of nitrogens with two attached hydrogens (primary N) is 1. The number of hydrogen-bond acceptors (Lipinski definition) is 2. The van der Waals surface area contributed by atoms with Crippen molar-refractivity contribution in [2.45, 2.75) is 19.9 Å². The highest BCUT2D eigenvalue weighted by atomic mass is 79.9. The molecule has 2 aromatic carbocycles. The van der Waals surface area contributed by atoms with Crippen LogP contribution in [0, 0.1) is 13.8 Å². The van der Waals surface area contributed by atoms with Gasteiger partial charge in [0.05, 0.1) is 6.04 Å². The monoisotopic (exact) mass is 352 g/mol. The zero-order chi connectivity index (χ0) is 14.7. The van der Waals surface area contributed by atoms with E-state index in [2.05, 4.69) is 47.2 Å². The topological polar surface area (TPSA) is 38.0 Å². The van der Waals surface area contributed by atoms with Gasteiger partial charge in [0.15, 0.2) is 0 Å². The third-order valence-electron chi connectivity index (χ3n) is 3.29. The predicted octanol–water partition coefficient (Wildman–Crippen LogP) is 4.83. The molecule has 0 spiro atoms. The second kappa shape index (κ2) is 6.61. The summed E-state index contributed by atoms with van der Waals surface area (Å²) in [6.07, 6.45) is 0. The lowest BCUT2D eigenvalue weighted by Gasteiger charge is -2.22. The van der Waals surface area contributed by atoms with Crippen LogP contribution >= 0.6 is 27.5 Å². The van der Waals surface area contributed by atoms with E-state index >= 15 is 0 Å². The predicted molar refractivity (Wildman–Crippen MR) is 90.5 cm³/mol. The molecule has 0 fully saturated rings. The largest absolute Gasteiger partial charge is 0.376 e. The quantitative estimate of drug-likeness (QED) is 0.826. The van der Waals surface area contributed by atoms with Crippen LogP contribution in [0.2, 0.25) is 5.02 Å². The van der Waals surface area contributed by atoms with Gasteiger partial charge in [0.1, 0.15) is 0 Å². The molecule has 20 heavy (non-hydrogen) atoms. The van der Waals surface area contributed by atoms with Crippen molar-refractivity contribution in [3.8, 4) is 0 Å². The lowest BCUT2D eigenvalue weighted by molar-refractivity contribution is 0.783. The highest BCUT2D eigenvalue weighted by Gasteiger charge is 2.13. The van der Waals surface area contributed by atoms with E-state index in [1.807, 2.05) is 24.3 Å². The third kappa shape index (κ3) is 3.54. The average molecular weight is 354 g/mol. The maximum Gasteiger partial charge on any atom is 0.0639 e. The molecule has 0 amide bonds. The lowest BCUT2D eigenvalue weighted by atomic mass is 10.0. The minimum absolute atomic E-state index is 0.0605.